The molecule has 0 fully saturated rings. The van der Waals surface area contributed by atoms with Crippen LogP contribution in [-0.2, 0) is 0 Å². The van der Waals surface area contributed by atoms with Crippen LogP contribution >= 0.6 is 23.2 Å². The first kappa shape index (κ1) is 19.9. The zero-order valence-electron chi connectivity index (χ0n) is 15.4. The number of halogens is 2. The monoisotopic (exact) mass is 436 g/mol. The SMILES string of the molecule is O=C(c1ccc(Cl)cc1Cl)c1c(O)nc(-c2ccccc2)n(-c2ccccc2)c1=O. The lowest BCUT2D eigenvalue weighted by atomic mass is 10.0. The highest BCUT2D eigenvalue weighted by atomic mass is 35.5. The third kappa shape index (κ3) is 3.61. The predicted octanol–water partition coefficient (Wildman–Crippen LogP) is 5.14. The minimum atomic E-state index is -0.740. The van der Waals surface area contributed by atoms with Gasteiger partial charge in [0.15, 0.2) is 11.4 Å². The van der Waals surface area contributed by atoms with E-state index in [1.54, 1.807) is 48.5 Å². The molecule has 0 saturated carbocycles. The number of aromatic hydroxyl groups is 1. The van der Waals surface area contributed by atoms with Crippen LogP contribution in [0.25, 0.3) is 17.1 Å². The minimum absolute atomic E-state index is 0.0438. The van der Waals surface area contributed by atoms with E-state index in [0.29, 0.717) is 16.3 Å². The van der Waals surface area contributed by atoms with Crippen LogP contribution in [0.3, 0.4) is 0 Å². The van der Waals surface area contributed by atoms with Gasteiger partial charge in [-0.2, -0.15) is 4.98 Å². The number of hydrogen-bond donors (Lipinski definition) is 1. The third-order valence-electron chi connectivity index (χ3n) is 4.51. The predicted molar refractivity (Wildman–Crippen MR) is 117 cm³/mol. The summed E-state index contributed by atoms with van der Waals surface area (Å²) < 4.78 is 1.30. The fourth-order valence-corrected chi connectivity index (χ4v) is 3.61. The maximum Gasteiger partial charge on any atom is 0.273 e. The first-order chi connectivity index (χ1) is 14.5. The maximum absolute atomic E-state index is 13.5. The molecule has 5 nitrogen and oxygen atoms in total. The average Bonchev–Trinajstić information content (AvgIpc) is 2.74. The number of benzene rings is 3. The molecule has 0 unspecified atom stereocenters. The van der Waals surface area contributed by atoms with Gasteiger partial charge < -0.3 is 5.11 Å². The molecule has 0 aliphatic rings. The van der Waals surface area contributed by atoms with Crippen LogP contribution in [0.2, 0.25) is 10.0 Å². The van der Waals surface area contributed by atoms with Gasteiger partial charge in [-0.3, -0.25) is 14.2 Å². The first-order valence-corrected chi connectivity index (χ1v) is 9.69. The molecule has 0 atom stereocenters. The molecule has 30 heavy (non-hydrogen) atoms. The highest BCUT2D eigenvalue weighted by Gasteiger charge is 2.26. The van der Waals surface area contributed by atoms with Crippen molar-refractivity contribution in [1.82, 2.24) is 9.55 Å². The van der Waals surface area contributed by atoms with Crippen molar-refractivity contribution in [2.75, 3.05) is 0 Å². The molecule has 1 N–H and O–H groups in total. The van der Waals surface area contributed by atoms with Gasteiger partial charge in [-0.05, 0) is 30.3 Å². The minimum Gasteiger partial charge on any atom is -0.493 e. The van der Waals surface area contributed by atoms with Crippen LogP contribution < -0.4 is 5.56 Å². The van der Waals surface area contributed by atoms with E-state index in [2.05, 4.69) is 4.98 Å². The van der Waals surface area contributed by atoms with Crippen molar-refractivity contribution < 1.29 is 9.90 Å². The van der Waals surface area contributed by atoms with E-state index in [9.17, 15) is 14.7 Å². The highest BCUT2D eigenvalue weighted by Crippen LogP contribution is 2.27. The summed E-state index contributed by atoms with van der Waals surface area (Å²) >= 11 is 12.0. The number of para-hydroxylation sites is 1. The number of hydrogen-bond acceptors (Lipinski definition) is 4. The lowest BCUT2D eigenvalue weighted by Crippen LogP contribution is -2.28. The molecule has 0 bridgehead atoms. The zero-order valence-corrected chi connectivity index (χ0v) is 16.9. The highest BCUT2D eigenvalue weighted by molar-refractivity contribution is 6.37. The van der Waals surface area contributed by atoms with E-state index in [4.69, 9.17) is 23.2 Å². The van der Waals surface area contributed by atoms with Crippen molar-refractivity contribution >= 4 is 29.0 Å². The Kier molecular flexibility index (Phi) is 5.40. The van der Waals surface area contributed by atoms with Crippen molar-refractivity contribution in [3.8, 4) is 23.0 Å². The van der Waals surface area contributed by atoms with Crippen LogP contribution in [-0.4, -0.2) is 20.4 Å². The second kappa shape index (κ2) is 8.14. The first-order valence-electron chi connectivity index (χ1n) is 8.94. The second-order valence-corrected chi connectivity index (χ2v) is 7.27. The number of carbonyl (C=O) groups is 1. The van der Waals surface area contributed by atoms with Crippen molar-refractivity contribution in [1.29, 1.82) is 0 Å². The topological polar surface area (TPSA) is 72.2 Å². The molecule has 7 heteroatoms. The Morgan fingerprint density at radius 1 is 0.900 bits per heavy atom. The Bertz CT molecular complexity index is 1300. The van der Waals surface area contributed by atoms with Crippen molar-refractivity contribution in [2.45, 2.75) is 0 Å². The fourth-order valence-electron chi connectivity index (χ4n) is 3.11. The van der Waals surface area contributed by atoms with E-state index < -0.39 is 22.8 Å². The average molecular weight is 437 g/mol. The van der Waals surface area contributed by atoms with Gasteiger partial charge in [0.05, 0.1) is 10.7 Å². The van der Waals surface area contributed by atoms with E-state index >= 15 is 0 Å². The van der Waals surface area contributed by atoms with Gasteiger partial charge in [-0.1, -0.05) is 71.7 Å². The van der Waals surface area contributed by atoms with E-state index in [1.165, 1.54) is 22.8 Å². The third-order valence-corrected chi connectivity index (χ3v) is 5.06. The quantitative estimate of drug-likeness (QED) is 0.449. The smallest absolute Gasteiger partial charge is 0.273 e. The van der Waals surface area contributed by atoms with Gasteiger partial charge in [0, 0.05) is 16.1 Å². The van der Waals surface area contributed by atoms with Gasteiger partial charge in [0.1, 0.15) is 0 Å². The summed E-state index contributed by atoms with van der Waals surface area (Å²) in [5.74, 6) is -1.19. The van der Waals surface area contributed by atoms with Crippen LogP contribution in [0.5, 0.6) is 5.88 Å². The van der Waals surface area contributed by atoms with Crippen molar-refractivity contribution in [2.24, 2.45) is 0 Å². The Morgan fingerprint density at radius 3 is 2.17 bits per heavy atom. The molecular weight excluding hydrogens is 423 g/mol. The molecule has 0 spiro atoms. The Morgan fingerprint density at radius 2 is 1.53 bits per heavy atom. The lowest BCUT2D eigenvalue weighted by molar-refractivity contribution is 0.103. The molecule has 1 heterocycles. The molecular formula is C23H14Cl2N2O3. The Hall–Kier alpha value is -3.41. The number of carbonyl (C=O) groups excluding carboxylic acids is 1. The fraction of sp³-hybridized carbons (Fsp3) is 0. The van der Waals surface area contributed by atoms with Crippen molar-refractivity contribution in [3.63, 3.8) is 0 Å². The van der Waals surface area contributed by atoms with Gasteiger partial charge in [0.25, 0.3) is 5.56 Å². The summed E-state index contributed by atoms with van der Waals surface area (Å²) in [4.78, 5) is 30.8. The molecule has 0 saturated heterocycles. The van der Waals surface area contributed by atoms with Gasteiger partial charge in [0.2, 0.25) is 11.7 Å². The van der Waals surface area contributed by atoms with Gasteiger partial charge in [-0.25, -0.2) is 0 Å². The number of rotatable bonds is 4. The summed E-state index contributed by atoms with van der Waals surface area (Å²) in [6.45, 7) is 0. The van der Waals surface area contributed by atoms with Gasteiger partial charge >= 0.3 is 0 Å². The number of nitrogens with zero attached hydrogens (tertiary/aromatic N) is 2. The molecule has 148 valence electrons. The van der Waals surface area contributed by atoms with E-state index in [0.717, 1.165) is 0 Å². The molecule has 0 aliphatic heterocycles. The molecule has 0 amide bonds. The van der Waals surface area contributed by atoms with Crippen LogP contribution in [0.4, 0.5) is 0 Å². The summed E-state index contributed by atoms with van der Waals surface area (Å²) in [6, 6.07) is 22.0. The maximum atomic E-state index is 13.5. The molecule has 4 rings (SSSR count). The van der Waals surface area contributed by atoms with Crippen LogP contribution in [0.1, 0.15) is 15.9 Å². The lowest BCUT2D eigenvalue weighted by Gasteiger charge is -2.15. The molecule has 1 aromatic heterocycles. The van der Waals surface area contributed by atoms with Crippen molar-refractivity contribution in [3.05, 3.63) is 110 Å². The number of aromatic nitrogens is 2. The van der Waals surface area contributed by atoms with E-state index in [1.807, 2.05) is 12.1 Å². The van der Waals surface area contributed by atoms with Crippen LogP contribution in [0.15, 0.2) is 83.7 Å². The van der Waals surface area contributed by atoms with Crippen LogP contribution in [0, 0.1) is 0 Å². The largest absolute Gasteiger partial charge is 0.493 e. The zero-order chi connectivity index (χ0) is 21.3. The Balaban J connectivity index is 2.00. The number of ketones is 1. The molecule has 4 aromatic rings. The normalized spacial score (nSPS) is 10.7. The summed E-state index contributed by atoms with van der Waals surface area (Å²) in [5.41, 5.74) is -0.0175. The standard InChI is InChI=1S/C23H14Cl2N2O3/c24-15-11-12-17(18(25)13-15)20(28)19-22(29)26-21(14-7-3-1-4-8-14)27(23(19)30)16-9-5-2-6-10-16/h1-13,29H. The summed E-state index contributed by atoms with van der Waals surface area (Å²) in [5, 5.41) is 11.0. The van der Waals surface area contributed by atoms with Gasteiger partial charge in [-0.15, -0.1) is 0 Å². The second-order valence-electron chi connectivity index (χ2n) is 6.43. The summed E-state index contributed by atoms with van der Waals surface area (Å²) in [6.07, 6.45) is 0. The molecule has 0 aliphatic carbocycles. The molecule has 0 radical (unpaired) electrons. The summed E-state index contributed by atoms with van der Waals surface area (Å²) in [7, 11) is 0. The Labute approximate surface area is 181 Å². The van der Waals surface area contributed by atoms with E-state index in [-0.39, 0.29) is 16.4 Å². The molecule has 3 aromatic carbocycles.